The van der Waals surface area contributed by atoms with Crippen LogP contribution in [0.5, 0.6) is 0 Å². The van der Waals surface area contributed by atoms with Crippen LogP contribution in [0.2, 0.25) is 0 Å². The highest BCUT2D eigenvalue weighted by Gasteiger charge is 2.20. The lowest BCUT2D eigenvalue weighted by Crippen LogP contribution is -2.10. The van der Waals surface area contributed by atoms with Crippen LogP contribution in [0.1, 0.15) is 19.3 Å². The molecule has 0 aromatic carbocycles. The minimum atomic E-state index is -0.488. The van der Waals surface area contributed by atoms with E-state index in [1.54, 1.807) is 0 Å². The predicted octanol–water partition coefficient (Wildman–Crippen LogP) is 1.43. The van der Waals surface area contributed by atoms with Gasteiger partial charge in [0.05, 0.1) is 6.20 Å². The topological polar surface area (TPSA) is 73.1 Å². The molecular weight excluding hydrogens is 223 g/mol. The van der Waals surface area contributed by atoms with Gasteiger partial charge in [0.2, 0.25) is 5.95 Å². The maximum atomic E-state index is 13.2. The molecule has 3 N–H and O–H groups in total. The van der Waals surface area contributed by atoms with Crippen molar-refractivity contribution in [3.05, 3.63) is 12.0 Å². The Kier molecular flexibility index (Phi) is 4.08. The van der Waals surface area contributed by atoms with Gasteiger partial charge in [-0.2, -0.15) is 4.98 Å². The standard InChI is InChI=1S/C11H17FN4O/c12-9-6-15-11(13)16-10(9)14-4-1-5-17-7-8-2-3-8/h6,8H,1-5,7H2,(H3,13,14,15,16). The summed E-state index contributed by atoms with van der Waals surface area (Å²) in [5.41, 5.74) is 5.37. The molecule has 2 rings (SSSR count). The summed E-state index contributed by atoms with van der Waals surface area (Å²) in [6.45, 7) is 2.15. The Labute approximate surface area is 99.6 Å². The monoisotopic (exact) mass is 240 g/mol. The molecule has 1 fully saturated rings. The number of anilines is 2. The molecular formula is C11H17FN4O. The van der Waals surface area contributed by atoms with Crippen LogP contribution in [0.15, 0.2) is 6.20 Å². The molecule has 17 heavy (non-hydrogen) atoms. The van der Waals surface area contributed by atoms with Crippen LogP contribution in [0.25, 0.3) is 0 Å². The number of hydrogen-bond acceptors (Lipinski definition) is 5. The summed E-state index contributed by atoms with van der Waals surface area (Å²) in [6.07, 6.45) is 4.47. The van der Waals surface area contributed by atoms with Crippen molar-refractivity contribution in [2.75, 3.05) is 30.8 Å². The molecule has 1 heterocycles. The van der Waals surface area contributed by atoms with Gasteiger partial charge in [-0.25, -0.2) is 9.37 Å². The van der Waals surface area contributed by atoms with E-state index >= 15 is 0 Å². The summed E-state index contributed by atoms with van der Waals surface area (Å²) < 4.78 is 18.6. The Bertz CT molecular complexity index is 370. The van der Waals surface area contributed by atoms with Gasteiger partial charge in [0.15, 0.2) is 11.6 Å². The lowest BCUT2D eigenvalue weighted by Gasteiger charge is -2.07. The van der Waals surface area contributed by atoms with Crippen LogP contribution in [0.4, 0.5) is 16.2 Å². The number of ether oxygens (including phenoxy) is 1. The lowest BCUT2D eigenvalue weighted by atomic mass is 10.4. The van der Waals surface area contributed by atoms with Crippen LogP contribution in [-0.4, -0.2) is 29.7 Å². The van der Waals surface area contributed by atoms with Crippen molar-refractivity contribution in [2.45, 2.75) is 19.3 Å². The van der Waals surface area contributed by atoms with Gasteiger partial charge in [-0.05, 0) is 25.2 Å². The molecule has 0 amide bonds. The summed E-state index contributed by atoms with van der Waals surface area (Å²) in [5.74, 6) is 0.513. The first-order chi connectivity index (χ1) is 8.25. The number of rotatable bonds is 7. The van der Waals surface area contributed by atoms with E-state index in [1.165, 1.54) is 12.8 Å². The summed E-state index contributed by atoms with van der Waals surface area (Å²) in [6, 6.07) is 0. The highest BCUT2D eigenvalue weighted by molar-refractivity contribution is 5.38. The Morgan fingerprint density at radius 2 is 2.35 bits per heavy atom. The second kappa shape index (κ2) is 5.77. The average Bonchev–Trinajstić information content (AvgIpc) is 3.11. The van der Waals surface area contributed by atoms with E-state index < -0.39 is 5.82 Å². The normalized spacial score (nSPS) is 14.9. The van der Waals surface area contributed by atoms with Gasteiger partial charge in [0, 0.05) is 19.8 Å². The molecule has 94 valence electrons. The maximum Gasteiger partial charge on any atom is 0.222 e. The van der Waals surface area contributed by atoms with Gasteiger partial charge >= 0.3 is 0 Å². The van der Waals surface area contributed by atoms with Gasteiger partial charge < -0.3 is 15.8 Å². The van der Waals surface area contributed by atoms with Gasteiger partial charge in [0.1, 0.15) is 0 Å². The fourth-order valence-electron chi connectivity index (χ4n) is 1.42. The highest BCUT2D eigenvalue weighted by atomic mass is 19.1. The molecule has 0 saturated heterocycles. The Balaban J connectivity index is 1.61. The third-order valence-corrected chi connectivity index (χ3v) is 2.57. The first kappa shape index (κ1) is 12.0. The molecule has 1 aromatic heterocycles. The van der Waals surface area contributed by atoms with E-state index in [0.717, 1.165) is 25.1 Å². The number of nitrogens with zero attached hydrogens (tertiary/aromatic N) is 2. The number of aromatic nitrogens is 2. The van der Waals surface area contributed by atoms with Crippen molar-refractivity contribution in [1.29, 1.82) is 0 Å². The van der Waals surface area contributed by atoms with E-state index in [0.29, 0.717) is 13.2 Å². The predicted molar refractivity (Wildman–Crippen MR) is 63.1 cm³/mol. The fourth-order valence-corrected chi connectivity index (χ4v) is 1.42. The average molecular weight is 240 g/mol. The molecule has 1 aromatic rings. The zero-order valence-corrected chi connectivity index (χ0v) is 9.66. The van der Waals surface area contributed by atoms with Crippen LogP contribution in [0, 0.1) is 11.7 Å². The third-order valence-electron chi connectivity index (χ3n) is 2.57. The smallest absolute Gasteiger partial charge is 0.222 e. The quantitative estimate of drug-likeness (QED) is 0.705. The largest absolute Gasteiger partial charge is 0.381 e. The summed E-state index contributed by atoms with van der Waals surface area (Å²) >= 11 is 0. The van der Waals surface area contributed by atoms with Crippen molar-refractivity contribution in [3.8, 4) is 0 Å². The van der Waals surface area contributed by atoms with Crippen molar-refractivity contribution in [2.24, 2.45) is 5.92 Å². The zero-order valence-electron chi connectivity index (χ0n) is 9.66. The Morgan fingerprint density at radius 1 is 1.53 bits per heavy atom. The molecule has 0 aliphatic heterocycles. The fraction of sp³-hybridized carbons (Fsp3) is 0.636. The third kappa shape index (κ3) is 4.14. The highest BCUT2D eigenvalue weighted by Crippen LogP contribution is 2.28. The van der Waals surface area contributed by atoms with Crippen molar-refractivity contribution in [3.63, 3.8) is 0 Å². The molecule has 5 nitrogen and oxygen atoms in total. The van der Waals surface area contributed by atoms with Crippen LogP contribution < -0.4 is 11.1 Å². The molecule has 0 bridgehead atoms. The van der Waals surface area contributed by atoms with Gasteiger partial charge in [-0.3, -0.25) is 0 Å². The van der Waals surface area contributed by atoms with Crippen molar-refractivity contribution >= 4 is 11.8 Å². The minimum Gasteiger partial charge on any atom is -0.381 e. The van der Waals surface area contributed by atoms with Gasteiger partial charge in [-0.1, -0.05) is 0 Å². The molecule has 0 spiro atoms. The number of nitrogens with two attached hydrogens (primary N) is 1. The van der Waals surface area contributed by atoms with Crippen LogP contribution in [-0.2, 0) is 4.74 Å². The zero-order chi connectivity index (χ0) is 12.1. The summed E-state index contributed by atoms with van der Waals surface area (Å²) in [4.78, 5) is 7.32. The number of nitrogen functional groups attached to an aromatic ring is 1. The van der Waals surface area contributed by atoms with E-state index in [4.69, 9.17) is 10.5 Å². The minimum absolute atomic E-state index is 0.0684. The molecule has 6 heteroatoms. The van der Waals surface area contributed by atoms with Crippen LogP contribution in [0.3, 0.4) is 0 Å². The molecule has 1 aliphatic rings. The summed E-state index contributed by atoms with van der Waals surface area (Å²) in [7, 11) is 0. The summed E-state index contributed by atoms with van der Waals surface area (Å²) in [5, 5.41) is 2.87. The molecule has 1 saturated carbocycles. The molecule has 1 aliphatic carbocycles. The molecule has 0 atom stereocenters. The number of halogens is 1. The van der Waals surface area contributed by atoms with E-state index in [-0.39, 0.29) is 11.8 Å². The lowest BCUT2D eigenvalue weighted by molar-refractivity contribution is 0.124. The van der Waals surface area contributed by atoms with E-state index in [2.05, 4.69) is 15.3 Å². The molecule has 0 unspecified atom stereocenters. The first-order valence-electron chi connectivity index (χ1n) is 5.85. The number of nitrogens with one attached hydrogen (secondary N) is 1. The number of hydrogen-bond donors (Lipinski definition) is 2. The maximum absolute atomic E-state index is 13.2. The van der Waals surface area contributed by atoms with Crippen LogP contribution >= 0.6 is 0 Å². The Morgan fingerprint density at radius 3 is 3.12 bits per heavy atom. The van der Waals surface area contributed by atoms with E-state index in [9.17, 15) is 4.39 Å². The van der Waals surface area contributed by atoms with Crippen molar-refractivity contribution in [1.82, 2.24) is 9.97 Å². The van der Waals surface area contributed by atoms with E-state index in [1.807, 2.05) is 0 Å². The SMILES string of the molecule is Nc1ncc(F)c(NCCCOCC2CC2)n1. The molecule has 0 radical (unpaired) electrons. The van der Waals surface area contributed by atoms with Gasteiger partial charge in [-0.15, -0.1) is 0 Å². The van der Waals surface area contributed by atoms with Gasteiger partial charge in [0.25, 0.3) is 0 Å². The second-order valence-electron chi connectivity index (χ2n) is 4.22. The Hall–Kier alpha value is -1.43. The van der Waals surface area contributed by atoms with Crippen molar-refractivity contribution < 1.29 is 9.13 Å². The first-order valence-corrected chi connectivity index (χ1v) is 5.85. The second-order valence-corrected chi connectivity index (χ2v) is 4.22.